The Bertz CT molecular complexity index is 701. The lowest BCUT2D eigenvalue weighted by Gasteiger charge is -2.19. The Kier molecular flexibility index (Phi) is 3.66. The third kappa shape index (κ3) is 2.92. The maximum atomic E-state index is 5.79. The molecule has 0 saturated carbocycles. The van der Waals surface area contributed by atoms with Gasteiger partial charge in [0.1, 0.15) is 18.2 Å². The topological polar surface area (TPSA) is 56.5 Å². The summed E-state index contributed by atoms with van der Waals surface area (Å²) in [6, 6.07) is 11.7. The first-order valence-corrected chi connectivity index (χ1v) is 7.11. The van der Waals surface area contributed by atoms with Crippen molar-refractivity contribution in [3.05, 3.63) is 47.5 Å². The zero-order chi connectivity index (χ0) is 14.8. The molecule has 2 aromatic carbocycles. The number of aryl methyl sites for hydroxylation is 1. The lowest BCUT2D eigenvalue weighted by molar-refractivity contribution is 0.171. The van der Waals surface area contributed by atoms with Crippen LogP contribution in [0.2, 0.25) is 0 Å². The van der Waals surface area contributed by atoms with Crippen LogP contribution < -0.4 is 20.5 Å². The molecule has 0 fully saturated rings. The third-order valence-electron chi connectivity index (χ3n) is 3.26. The fraction of sp³-hybridized carbons (Fsp3) is 0.188. The van der Waals surface area contributed by atoms with E-state index in [2.05, 4.69) is 5.32 Å². The Morgan fingerprint density at radius 2 is 1.86 bits per heavy atom. The first-order valence-electron chi connectivity index (χ1n) is 6.70. The molecule has 0 saturated heterocycles. The fourth-order valence-electron chi connectivity index (χ4n) is 2.25. The van der Waals surface area contributed by atoms with E-state index < -0.39 is 0 Å². The largest absolute Gasteiger partial charge is 0.486 e. The van der Waals surface area contributed by atoms with E-state index in [0.29, 0.717) is 18.2 Å². The number of nitrogens with one attached hydrogen (secondary N) is 1. The van der Waals surface area contributed by atoms with E-state index >= 15 is 0 Å². The predicted octanol–water partition coefficient (Wildman–Crippen LogP) is 3.14. The summed E-state index contributed by atoms with van der Waals surface area (Å²) in [5.74, 6) is 1.51. The highest BCUT2D eigenvalue weighted by molar-refractivity contribution is 7.80. The Morgan fingerprint density at radius 3 is 2.62 bits per heavy atom. The minimum atomic E-state index is 0.374. The van der Waals surface area contributed by atoms with Crippen molar-refractivity contribution in [1.29, 1.82) is 0 Å². The van der Waals surface area contributed by atoms with Gasteiger partial charge < -0.3 is 20.5 Å². The van der Waals surface area contributed by atoms with E-state index in [1.165, 1.54) is 0 Å². The van der Waals surface area contributed by atoms with Crippen LogP contribution in [-0.4, -0.2) is 18.2 Å². The first kappa shape index (κ1) is 13.7. The quantitative estimate of drug-likeness (QED) is 0.853. The molecule has 0 atom stereocenters. The normalized spacial score (nSPS) is 12.8. The Balaban J connectivity index is 1.92. The molecule has 0 amide bonds. The van der Waals surface area contributed by atoms with Gasteiger partial charge in [-0.3, -0.25) is 0 Å². The van der Waals surface area contributed by atoms with Crippen LogP contribution in [0.15, 0.2) is 36.4 Å². The van der Waals surface area contributed by atoms with Gasteiger partial charge in [-0.05, 0) is 31.2 Å². The van der Waals surface area contributed by atoms with Crippen molar-refractivity contribution in [3.8, 4) is 11.5 Å². The third-order valence-corrected chi connectivity index (χ3v) is 3.48. The second-order valence-electron chi connectivity index (χ2n) is 4.90. The second-order valence-corrected chi connectivity index (χ2v) is 5.34. The fourth-order valence-corrected chi connectivity index (χ4v) is 2.42. The molecule has 3 N–H and O–H groups in total. The molecule has 0 spiro atoms. The van der Waals surface area contributed by atoms with Crippen LogP contribution in [-0.2, 0) is 0 Å². The predicted molar refractivity (Wildman–Crippen MR) is 87.8 cm³/mol. The number of benzene rings is 2. The van der Waals surface area contributed by atoms with Gasteiger partial charge in [-0.25, -0.2) is 0 Å². The average Bonchev–Trinajstić information content (AvgIpc) is 2.49. The Morgan fingerprint density at radius 1 is 1.10 bits per heavy atom. The van der Waals surface area contributed by atoms with Crippen LogP contribution in [0.4, 0.5) is 11.4 Å². The summed E-state index contributed by atoms with van der Waals surface area (Å²) in [4.78, 5) is 0.374. The summed E-state index contributed by atoms with van der Waals surface area (Å²) in [6.45, 7) is 3.16. The smallest absolute Gasteiger partial charge is 0.163 e. The number of anilines is 2. The van der Waals surface area contributed by atoms with Crippen molar-refractivity contribution < 1.29 is 9.47 Å². The minimum absolute atomic E-state index is 0.374. The van der Waals surface area contributed by atoms with Crippen molar-refractivity contribution in [1.82, 2.24) is 0 Å². The number of ether oxygens (including phenoxy) is 2. The SMILES string of the molecule is Cc1ccc(Nc2ccc3c(c2)OCCO3)c(C(N)=S)c1. The average molecular weight is 300 g/mol. The molecule has 4 nitrogen and oxygen atoms in total. The highest BCUT2D eigenvalue weighted by Crippen LogP contribution is 2.34. The zero-order valence-corrected chi connectivity index (χ0v) is 12.5. The minimum Gasteiger partial charge on any atom is -0.486 e. The number of thiocarbonyl (C=S) groups is 1. The van der Waals surface area contributed by atoms with E-state index in [1.54, 1.807) is 0 Å². The molecule has 0 aromatic heterocycles. The molecule has 5 heteroatoms. The van der Waals surface area contributed by atoms with Crippen molar-refractivity contribution in [2.75, 3.05) is 18.5 Å². The molecule has 1 heterocycles. The van der Waals surface area contributed by atoms with Gasteiger partial charge in [-0.2, -0.15) is 0 Å². The summed E-state index contributed by atoms with van der Waals surface area (Å²) in [5.41, 5.74) is 9.53. The molecular formula is C16H16N2O2S. The second kappa shape index (κ2) is 5.61. The summed E-state index contributed by atoms with van der Waals surface area (Å²) >= 11 is 5.12. The standard InChI is InChI=1S/C16H16N2O2S/c1-10-2-4-13(12(8-10)16(17)21)18-11-3-5-14-15(9-11)20-7-6-19-14/h2-5,8-9,18H,6-7H2,1H3,(H2,17,21). The molecule has 108 valence electrons. The number of nitrogens with two attached hydrogens (primary N) is 1. The van der Waals surface area contributed by atoms with Gasteiger partial charge in [-0.15, -0.1) is 0 Å². The van der Waals surface area contributed by atoms with Crippen molar-refractivity contribution in [2.45, 2.75) is 6.92 Å². The molecule has 3 rings (SSSR count). The molecule has 0 bridgehead atoms. The van der Waals surface area contributed by atoms with Crippen molar-refractivity contribution in [3.63, 3.8) is 0 Å². The summed E-state index contributed by atoms with van der Waals surface area (Å²) in [5, 5.41) is 3.33. The van der Waals surface area contributed by atoms with Gasteiger partial charge in [0, 0.05) is 23.0 Å². The van der Waals surface area contributed by atoms with Gasteiger partial charge in [0.2, 0.25) is 0 Å². The van der Waals surface area contributed by atoms with Crippen LogP contribution in [0.25, 0.3) is 0 Å². The summed E-state index contributed by atoms with van der Waals surface area (Å²) < 4.78 is 11.1. The molecule has 0 unspecified atom stereocenters. The van der Waals surface area contributed by atoms with Crippen LogP contribution in [0.3, 0.4) is 0 Å². The monoisotopic (exact) mass is 300 g/mol. The molecule has 0 radical (unpaired) electrons. The van der Waals surface area contributed by atoms with E-state index in [-0.39, 0.29) is 0 Å². The lowest BCUT2D eigenvalue weighted by atomic mass is 10.1. The van der Waals surface area contributed by atoms with Crippen LogP contribution in [0.1, 0.15) is 11.1 Å². The number of rotatable bonds is 3. The number of hydrogen-bond acceptors (Lipinski definition) is 4. The summed E-state index contributed by atoms with van der Waals surface area (Å²) in [6.07, 6.45) is 0. The first-order chi connectivity index (χ1) is 10.1. The molecule has 21 heavy (non-hydrogen) atoms. The van der Waals surface area contributed by atoms with E-state index in [9.17, 15) is 0 Å². The van der Waals surface area contributed by atoms with E-state index in [0.717, 1.165) is 34.0 Å². The molecule has 2 aromatic rings. The lowest BCUT2D eigenvalue weighted by Crippen LogP contribution is -2.15. The van der Waals surface area contributed by atoms with E-state index in [4.69, 9.17) is 27.4 Å². The number of hydrogen-bond donors (Lipinski definition) is 2. The van der Waals surface area contributed by atoms with Gasteiger partial charge in [0.05, 0.1) is 0 Å². The highest BCUT2D eigenvalue weighted by atomic mass is 32.1. The van der Waals surface area contributed by atoms with Crippen molar-refractivity contribution >= 4 is 28.6 Å². The van der Waals surface area contributed by atoms with Crippen LogP contribution in [0, 0.1) is 6.92 Å². The maximum Gasteiger partial charge on any atom is 0.163 e. The Hall–Kier alpha value is -2.27. The molecule has 1 aliphatic heterocycles. The zero-order valence-electron chi connectivity index (χ0n) is 11.7. The van der Waals surface area contributed by atoms with Crippen molar-refractivity contribution in [2.24, 2.45) is 5.73 Å². The highest BCUT2D eigenvalue weighted by Gasteiger charge is 2.12. The molecule has 1 aliphatic rings. The van der Waals surface area contributed by atoms with Gasteiger partial charge in [0.25, 0.3) is 0 Å². The van der Waals surface area contributed by atoms with Gasteiger partial charge in [0.15, 0.2) is 11.5 Å². The van der Waals surface area contributed by atoms with Crippen LogP contribution >= 0.6 is 12.2 Å². The molecular weight excluding hydrogens is 284 g/mol. The van der Waals surface area contributed by atoms with Crippen LogP contribution in [0.5, 0.6) is 11.5 Å². The molecule has 0 aliphatic carbocycles. The maximum absolute atomic E-state index is 5.79. The number of fused-ring (bicyclic) bond motifs is 1. The van der Waals surface area contributed by atoms with E-state index in [1.807, 2.05) is 43.3 Å². The van der Waals surface area contributed by atoms with Gasteiger partial charge in [-0.1, -0.05) is 23.8 Å². The summed E-state index contributed by atoms with van der Waals surface area (Å²) in [7, 11) is 0. The van der Waals surface area contributed by atoms with Gasteiger partial charge >= 0.3 is 0 Å². The Labute approximate surface area is 128 Å².